The number of nitrogens with zero attached hydrogens (tertiary/aromatic N) is 4. The van der Waals surface area contributed by atoms with Gasteiger partial charge >= 0.3 is 0 Å². The van der Waals surface area contributed by atoms with Crippen LogP contribution in [0.2, 0.25) is 5.02 Å². The first-order valence-electron chi connectivity index (χ1n) is 8.60. The van der Waals surface area contributed by atoms with Crippen LogP contribution in [0, 0.1) is 6.92 Å². The smallest absolute Gasteiger partial charge is 0.279 e. The predicted octanol–water partition coefficient (Wildman–Crippen LogP) is 3.17. The number of anilines is 1. The first kappa shape index (κ1) is 19.2. The zero-order valence-corrected chi connectivity index (χ0v) is 16.8. The van der Waals surface area contributed by atoms with Crippen molar-refractivity contribution in [2.24, 2.45) is 0 Å². The molecule has 0 atom stereocenters. The Morgan fingerprint density at radius 2 is 2.00 bits per heavy atom. The third-order valence-corrected chi connectivity index (χ3v) is 5.18. The molecule has 0 unspecified atom stereocenters. The predicted molar refractivity (Wildman–Crippen MR) is 112 cm³/mol. The minimum atomic E-state index is -0.388. The van der Waals surface area contributed by atoms with E-state index in [2.05, 4.69) is 25.6 Å². The van der Waals surface area contributed by atoms with E-state index >= 15 is 0 Å². The zero-order chi connectivity index (χ0) is 20.4. The fourth-order valence-electron chi connectivity index (χ4n) is 2.68. The average Bonchev–Trinajstić information content (AvgIpc) is 3.08. The summed E-state index contributed by atoms with van der Waals surface area (Å²) in [7, 11) is 0. The highest BCUT2D eigenvalue weighted by Crippen LogP contribution is 2.19. The highest BCUT2D eigenvalue weighted by Gasteiger charge is 2.14. The van der Waals surface area contributed by atoms with Crippen molar-refractivity contribution in [3.8, 4) is 11.3 Å². The standard InChI is InChI=1S/C19H15ClN6O2S/c1-11-3-2-4-14(9-11)21-15(27)10-29-19-24-23-18-22-17(28)16(25-26(18)19)12-5-7-13(20)8-6-12/h2-9H,10H2,1H3,(H,21,27)(H,22,23,28). The number of carbonyl (C=O) groups excluding carboxylic acids is 1. The van der Waals surface area contributed by atoms with Gasteiger partial charge < -0.3 is 5.32 Å². The van der Waals surface area contributed by atoms with E-state index < -0.39 is 0 Å². The zero-order valence-electron chi connectivity index (χ0n) is 15.2. The van der Waals surface area contributed by atoms with Crippen LogP contribution in [-0.2, 0) is 4.79 Å². The van der Waals surface area contributed by atoms with Gasteiger partial charge in [-0.3, -0.25) is 14.6 Å². The van der Waals surface area contributed by atoms with Gasteiger partial charge in [0.2, 0.25) is 11.1 Å². The summed E-state index contributed by atoms with van der Waals surface area (Å²) < 4.78 is 1.41. The van der Waals surface area contributed by atoms with Gasteiger partial charge in [-0.25, -0.2) is 0 Å². The molecule has 0 bridgehead atoms. The van der Waals surface area contributed by atoms with Crippen LogP contribution >= 0.6 is 23.4 Å². The average molecular weight is 427 g/mol. The van der Waals surface area contributed by atoms with Crippen LogP contribution in [0.25, 0.3) is 17.0 Å². The number of aryl methyl sites for hydroxylation is 1. The largest absolute Gasteiger partial charge is 0.325 e. The van der Waals surface area contributed by atoms with Gasteiger partial charge in [-0.15, -0.1) is 10.2 Å². The Labute approximate surface area is 174 Å². The lowest BCUT2D eigenvalue weighted by atomic mass is 10.2. The van der Waals surface area contributed by atoms with Crippen LogP contribution in [0.3, 0.4) is 0 Å². The van der Waals surface area contributed by atoms with E-state index in [4.69, 9.17) is 11.6 Å². The number of aromatic amines is 1. The molecule has 0 spiro atoms. The number of hydrogen-bond acceptors (Lipinski definition) is 6. The van der Waals surface area contributed by atoms with Crippen molar-refractivity contribution in [2.45, 2.75) is 12.1 Å². The molecule has 0 fully saturated rings. The number of thioether (sulfide) groups is 1. The van der Waals surface area contributed by atoms with Crippen molar-refractivity contribution in [1.29, 1.82) is 0 Å². The molecule has 0 saturated carbocycles. The number of hydrogen-bond donors (Lipinski definition) is 2. The molecule has 4 rings (SSSR count). The van der Waals surface area contributed by atoms with Crippen molar-refractivity contribution in [2.75, 3.05) is 11.1 Å². The summed E-state index contributed by atoms with van der Waals surface area (Å²) in [6.07, 6.45) is 0. The Balaban J connectivity index is 1.55. The molecule has 0 aliphatic carbocycles. The maximum atomic E-state index is 12.3. The van der Waals surface area contributed by atoms with Gasteiger partial charge in [0.1, 0.15) is 0 Å². The fourth-order valence-corrected chi connectivity index (χ4v) is 3.48. The van der Waals surface area contributed by atoms with E-state index in [1.165, 1.54) is 16.3 Å². The van der Waals surface area contributed by atoms with Crippen molar-refractivity contribution in [1.82, 2.24) is 24.8 Å². The van der Waals surface area contributed by atoms with Crippen molar-refractivity contribution in [3.05, 3.63) is 69.5 Å². The van der Waals surface area contributed by atoms with Gasteiger partial charge in [0.15, 0.2) is 5.69 Å². The van der Waals surface area contributed by atoms with Crippen LogP contribution in [0.15, 0.2) is 58.5 Å². The number of halogens is 1. The molecule has 0 aliphatic heterocycles. The molecule has 8 nitrogen and oxygen atoms in total. The van der Waals surface area contributed by atoms with Crippen molar-refractivity contribution >= 4 is 40.7 Å². The van der Waals surface area contributed by atoms with Crippen LogP contribution in [-0.4, -0.2) is 36.5 Å². The number of carbonyl (C=O) groups is 1. The lowest BCUT2D eigenvalue weighted by Gasteiger charge is -2.05. The third kappa shape index (κ3) is 4.30. The Morgan fingerprint density at radius 3 is 2.76 bits per heavy atom. The Morgan fingerprint density at radius 1 is 1.21 bits per heavy atom. The van der Waals surface area contributed by atoms with E-state index in [0.717, 1.165) is 11.3 Å². The summed E-state index contributed by atoms with van der Waals surface area (Å²) in [5.41, 5.74) is 2.22. The van der Waals surface area contributed by atoms with Gasteiger partial charge in [0.05, 0.1) is 5.75 Å². The maximum Gasteiger partial charge on any atom is 0.279 e. The number of benzene rings is 2. The molecule has 2 aromatic carbocycles. The summed E-state index contributed by atoms with van der Waals surface area (Å²) in [6, 6.07) is 14.3. The molecule has 0 aliphatic rings. The molecular formula is C19H15ClN6O2S. The number of amides is 1. The number of aromatic nitrogens is 5. The summed E-state index contributed by atoms with van der Waals surface area (Å²) in [6.45, 7) is 1.96. The second kappa shape index (κ2) is 8.06. The number of H-pyrrole nitrogens is 1. The minimum absolute atomic E-state index is 0.117. The number of fused-ring (bicyclic) bond motifs is 1. The molecule has 2 N–H and O–H groups in total. The van der Waals surface area contributed by atoms with Gasteiger partial charge in [0.25, 0.3) is 11.3 Å². The monoisotopic (exact) mass is 426 g/mol. The summed E-state index contributed by atoms with van der Waals surface area (Å²) in [5, 5.41) is 16.1. The molecule has 0 radical (unpaired) electrons. The van der Waals surface area contributed by atoms with Crippen LogP contribution in [0.1, 0.15) is 5.56 Å². The van der Waals surface area contributed by atoms with E-state index in [1.807, 2.05) is 31.2 Å². The summed E-state index contributed by atoms with van der Waals surface area (Å²) in [4.78, 5) is 27.2. The van der Waals surface area contributed by atoms with Crippen LogP contribution < -0.4 is 10.9 Å². The van der Waals surface area contributed by atoms with Crippen molar-refractivity contribution < 1.29 is 4.79 Å². The molecule has 4 aromatic rings. The second-order valence-corrected chi connectivity index (χ2v) is 7.61. The molecule has 0 saturated heterocycles. The van der Waals surface area contributed by atoms with Crippen molar-refractivity contribution in [3.63, 3.8) is 0 Å². The van der Waals surface area contributed by atoms with Gasteiger partial charge in [-0.1, -0.05) is 47.6 Å². The van der Waals surface area contributed by atoms with E-state index in [9.17, 15) is 9.59 Å². The molecule has 10 heteroatoms. The lowest BCUT2D eigenvalue weighted by molar-refractivity contribution is -0.113. The summed E-state index contributed by atoms with van der Waals surface area (Å²) in [5.74, 6) is 0.139. The Bertz CT molecular complexity index is 1250. The van der Waals surface area contributed by atoms with Crippen LogP contribution in [0.5, 0.6) is 0 Å². The number of rotatable bonds is 5. The van der Waals surface area contributed by atoms with Gasteiger partial charge in [-0.2, -0.15) is 9.61 Å². The topological polar surface area (TPSA) is 105 Å². The molecular weight excluding hydrogens is 412 g/mol. The lowest BCUT2D eigenvalue weighted by Crippen LogP contribution is -2.16. The maximum absolute atomic E-state index is 12.3. The second-order valence-electron chi connectivity index (χ2n) is 6.23. The first-order valence-corrected chi connectivity index (χ1v) is 9.97. The van der Waals surface area contributed by atoms with E-state index in [0.29, 0.717) is 15.7 Å². The molecule has 1 amide bonds. The van der Waals surface area contributed by atoms with E-state index in [-0.39, 0.29) is 28.7 Å². The first-order chi connectivity index (χ1) is 14.0. The van der Waals surface area contributed by atoms with Gasteiger partial charge in [0, 0.05) is 16.3 Å². The summed E-state index contributed by atoms with van der Waals surface area (Å²) >= 11 is 7.08. The third-order valence-electron chi connectivity index (χ3n) is 4.00. The highest BCUT2D eigenvalue weighted by atomic mass is 35.5. The number of nitrogens with one attached hydrogen (secondary N) is 2. The molecule has 2 aromatic heterocycles. The molecule has 2 heterocycles. The Kier molecular flexibility index (Phi) is 5.32. The normalized spacial score (nSPS) is 11.0. The van der Waals surface area contributed by atoms with Gasteiger partial charge in [-0.05, 0) is 36.8 Å². The molecule has 29 heavy (non-hydrogen) atoms. The highest BCUT2D eigenvalue weighted by molar-refractivity contribution is 7.99. The SMILES string of the molecule is Cc1cccc(NC(=O)CSc2nnc3[nH]c(=O)c(-c4ccc(Cl)cc4)nn23)c1. The minimum Gasteiger partial charge on any atom is -0.325 e. The quantitative estimate of drug-likeness (QED) is 0.475. The fraction of sp³-hybridized carbons (Fsp3) is 0.105. The Hall–Kier alpha value is -3.17. The molecule has 146 valence electrons. The van der Waals surface area contributed by atoms with E-state index in [1.54, 1.807) is 24.3 Å². The van der Waals surface area contributed by atoms with Crippen LogP contribution in [0.4, 0.5) is 5.69 Å².